The molecule has 1 heterocycles. The molecule has 0 aliphatic rings. The summed E-state index contributed by atoms with van der Waals surface area (Å²) in [7, 11) is 0. The summed E-state index contributed by atoms with van der Waals surface area (Å²) in [5.74, 6) is 0. The average molecular weight is 175 g/mol. The third kappa shape index (κ3) is 2.58. The van der Waals surface area contributed by atoms with Gasteiger partial charge < -0.3 is 10.3 Å². The van der Waals surface area contributed by atoms with E-state index in [2.05, 4.69) is 15.3 Å². The molecule has 0 unspecified atom stereocenters. The summed E-state index contributed by atoms with van der Waals surface area (Å²) >= 11 is 0. The van der Waals surface area contributed by atoms with Crippen LogP contribution in [-0.2, 0) is 6.54 Å². The predicted octanol–water partition coefficient (Wildman–Crippen LogP) is 1.07. The Bertz CT molecular complexity index is 234. The van der Waals surface area contributed by atoms with Crippen molar-refractivity contribution in [1.29, 1.82) is 0 Å². The van der Waals surface area contributed by atoms with Crippen molar-refractivity contribution in [2.45, 2.75) is 19.9 Å². The molecular formula is C7H11F2N3. The number of nitrogens with zero attached hydrogens (tertiary/aromatic N) is 1. The van der Waals surface area contributed by atoms with Gasteiger partial charge in [0.2, 0.25) is 0 Å². The van der Waals surface area contributed by atoms with Crippen molar-refractivity contribution >= 4 is 0 Å². The molecule has 12 heavy (non-hydrogen) atoms. The minimum atomic E-state index is -2.30. The summed E-state index contributed by atoms with van der Waals surface area (Å²) in [5, 5.41) is 2.60. The van der Waals surface area contributed by atoms with Gasteiger partial charge in [0.25, 0.3) is 6.43 Å². The van der Waals surface area contributed by atoms with Gasteiger partial charge in [-0.15, -0.1) is 0 Å². The second-order valence-corrected chi connectivity index (χ2v) is 2.50. The summed E-state index contributed by atoms with van der Waals surface area (Å²) in [5.41, 5.74) is 1.70. The lowest BCUT2D eigenvalue weighted by Crippen LogP contribution is -2.21. The van der Waals surface area contributed by atoms with Crippen LogP contribution in [0.5, 0.6) is 0 Å². The van der Waals surface area contributed by atoms with E-state index in [4.69, 9.17) is 0 Å². The van der Waals surface area contributed by atoms with E-state index in [1.165, 1.54) is 0 Å². The van der Waals surface area contributed by atoms with Crippen LogP contribution in [0, 0.1) is 6.92 Å². The largest absolute Gasteiger partial charge is 0.348 e. The molecule has 0 saturated carbocycles. The lowest BCUT2D eigenvalue weighted by Gasteiger charge is -2.01. The van der Waals surface area contributed by atoms with Crippen LogP contribution in [0.2, 0.25) is 0 Å². The minimum Gasteiger partial charge on any atom is -0.348 e. The van der Waals surface area contributed by atoms with E-state index in [1.807, 2.05) is 6.92 Å². The van der Waals surface area contributed by atoms with Gasteiger partial charge in [-0.2, -0.15) is 0 Å². The van der Waals surface area contributed by atoms with Gasteiger partial charge in [0.1, 0.15) is 0 Å². The molecule has 0 atom stereocenters. The summed E-state index contributed by atoms with van der Waals surface area (Å²) in [6.45, 7) is 1.96. The molecule has 0 spiro atoms. The van der Waals surface area contributed by atoms with Crippen molar-refractivity contribution in [2.24, 2.45) is 0 Å². The van der Waals surface area contributed by atoms with E-state index < -0.39 is 6.43 Å². The molecule has 5 heteroatoms. The Morgan fingerprint density at radius 1 is 1.67 bits per heavy atom. The highest BCUT2D eigenvalue weighted by molar-refractivity contribution is 5.07. The van der Waals surface area contributed by atoms with Crippen molar-refractivity contribution in [3.8, 4) is 0 Å². The maximum absolute atomic E-state index is 11.7. The molecule has 1 rings (SSSR count). The number of aromatic amines is 1. The first kappa shape index (κ1) is 9.12. The predicted molar refractivity (Wildman–Crippen MR) is 41.0 cm³/mol. The number of hydrogen-bond acceptors (Lipinski definition) is 2. The fraction of sp³-hybridized carbons (Fsp3) is 0.571. The standard InChI is InChI=1S/C7H11F2N3/c1-5-6(12-4-11-5)2-10-3-7(8)9/h4,7,10H,2-3H2,1H3,(H,11,12). The highest BCUT2D eigenvalue weighted by Crippen LogP contribution is 1.99. The maximum atomic E-state index is 11.7. The number of alkyl halides is 2. The van der Waals surface area contributed by atoms with E-state index in [0.29, 0.717) is 6.54 Å². The summed E-state index contributed by atoms with van der Waals surface area (Å²) in [4.78, 5) is 6.82. The van der Waals surface area contributed by atoms with Crippen LogP contribution >= 0.6 is 0 Å². The molecule has 0 bridgehead atoms. The molecule has 68 valence electrons. The second-order valence-electron chi connectivity index (χ2n) is 2.50. The van der Waals surface area contributed by atoms with Gasteiger partial charge >= 0.3 is 0 Å². The van der Waals surface area contributed by atoms with Crippen LogP contribution in [0.25, 0.3) is 0 Å². The third-order valence-corrected chi connectivity index (χ3v) is 1.53. The van der Waals surface area contributed by atoms with E-state index in [-0.39, 0.29) is 6.54 Å². The van der Waals surface area contributed by atoms with Crippen molar-refractivity contribution < 1.29 is 8.78 Å². The van der Waals surface area contributed by atoms with Gasteiger partial charge in [0.05, 0.1) is 18.6 Å². The first-order valence-electron chi connectivity index (χ1n) is 3.68. The smallest absolute Gasteiger partial charge is 0.250 e. The Morgan fingerprint density at radius 3 is 2.92 bits per heavy atom. The summed E-state index contributed by atoms with van der Waals surface area (Å²) < 4.78 is 23.3. The molecule has 2 N–H and O–H groups in total. The number of rotatable bonds is 4. The van der Waals surface area contributed by atoms with E-state index in [9.17, 15) is 8.78 Å². The van der Waals surface area contributed by atoms with Gasteiger partial charge in [-0.3, -0.25) is 0 Å². The van der Waals surface area contributed by atoms with Crippen molar-refractivity contribution in [1.82, 2.24) is 15.3 Å². The SMILES string of the molecule is Cc1[nH]cnc1CNCC(F)F. The van der Waals surface area contributed by atoms with Crippen LogP contribution in [0.1, 0.15) is 11.4 Å². The number of aromatic nitrogens is 2. The quantitative estimate of drug-likeness (QED) is 0.718. The van der Waals surface area contributed by atoms with Gasteiger partial charge in [-0.05, 0) is 6.92 Å². The Kier molecular flexibility index (Phi) is 3.16. The molecule has 0 amide bonds. The number of H-pyrrole nitrogens is 1. The van der Waals surface area contributed by atoms with E-state index >= 15 is 0 Å². The Hall–Kier alpha value is -0.970. The highest BCUT2D eigenvalue weighted by Gasteiger charge is 2.03. The average Bonchev–Trinajstić information content (AvgIpc) is 2.36. The molecule has 1 aromatic heterocycles. The van der Waals surface area contributed by atoms with Gasteiger partial charge in [0, 0.05) is 12.2 Å². The molecule has 3 nitrogen and oxygen atoms in total. The number of hydrogen-bond donors (Lipinski definition) is 2. The van der Waals surface area contributed by atoms with E-state index in [0.717, 1.165) is 11.4 Å². The normalized spacial score (nSPS) is 11.0. The first-order valence-corrected chi connectivity index (χ1v) is 3.68. The van der Waals surface area contributed by atoms with Crippen molar-refractivity contribution in [2.75, 3.05) is 6.54 Å². The minimum absolute atomic E-state index is 0.285. The van der Waals surface area contributed by atoms with Gasteiger partial charge in [-0.25, -0.2) is 13.8 Å². The highest BCUT2D eigenvalue weighted by atomic mass is 19.3. The molecular weight excluding hydrogens is 164 g/mol. The number of nitrogens with one attached hydrogen (secondary N) is 2. The molecule has 0 aromatic carbocycles. The third-order valence-electron chi connectivity index (χ3n) is 1.53. The van der Waals surface area contributed by atoms with Crippen LogP contribution in [-0.4, -0.2) is 22.9 Å². The van der Waals surface area contributed by atoms with Crippen molar-refractivity contribution in [3.05, 3.63) is 17.7 Å². The topological polar surface area (TPSA) is 40.7 Å². The fourth-order valence-electron chi connectivity index (χ4n) is 0.865. The molecule has 0 radical (unpaired) electrons. The maximum Gasteiger partial charge on any atom is 0.250 e. The van der Waals surface area contributed by atoms with Crippen LogP contribution in [0.4, 0.5) is 8.78 Å². The van der Waals surface area contributed by atoms with Crippen LogP contribution in [0.3, 0.4) is 0 Å². The van der Waals surface area contributed by atoms with E-state index in [1.54, 1.807) is 6.33 Å². The fourth-order valence-corrected chi connectivity index (χ4v) is 0.865. The Morgan fingerprint density at radius 2 is 2.42 bits per heavy atom. The number of aryl methyl sites for hydroxylation is 1. The Balaban J connectivity index is 2.29. The number of halogens is 2. The summed E-state index contributed by atoms with van der Waals surface area (Å²) in [6.07, 6.45) is -0.751. The monoisotopic (exact) mass is 175 g/mol. The molecule has 1 aromatic rings. The first-order chi connectivity index (χ1) is 5.70. The molecule has 0 saturated heterocycles. The lowest BCUT2D eigenvalue weighted by molar-refractivity contribution is 0.145. The Labute approximate surface area is 69.2 Å². The van der Waals surface area contributed by atoms with Crippen molar-refractivity contribution in [3.63, 3.8) is 0 Å². The zero-order valence-corrected chi connectivity index (χ0v) is 6.77. The molecule has 0 fully saturated rings. The molecule has 0 aliphatic heterocycles. The zero-order valence-electron chi connectivity index (χ0n) is 6.77. The van der Waals surface area contributed by atoms with Crippen LogP contribution < -0.4 is 5.32 Å². The zero-order chi connectivity index (χ0) is 8.97. The van der Waals surface area contributed by atoms with Crippen LogP contribution in [0.15, 0.2) is 6.33 Å². The van der Waals surface area contributed by atoms with Gasteiger partial charge in [-0.1, -0.05) is 0 Å². The second kappa shape index (κ2) is 4.15. The number of imidazole rings is 1. The van der Waals surface area contributed by atoms with Gasteiger partial charge in [0.15, 0.2) is 0 Å². The lowest BCUT2D eigenvalue weighted by atomic mass is 10.3. The molecule has 0 aliphatic carbocycles. The summed E-state index contributed by atoms with van der Waals surface area (Å²) in [6, 6.07) is 0.